The van der Waals surface area contributed by atoms with E-state index in [0.717, 1.165) is 18.2 Å². The maximum atomic E-state index is 13.7. The van der Waals surface area contributed by atoms with Gasteiger partial charge in [0.2, 0.25) is 0 Å². The summed E-state index contributed by atoms with van der Waals surface area (Å²) in [5.74, 6) is -1.12. The summed E-state index contributed by atoms with van der Waals surface area (Å²) in [6, 6.07) is 8.29. The van der Waals surface area contributed by atoms with Gasteiger partial charge in [-0.3, -0.25) is 0 Å². The van der Waals surface area contributed by atoms with Crippen LogP contribution in [0.3, 0.4) is 0 Å². The first kappa shape index (κ1) is 15.6. The number of alkyl halides is 3. The molecule has 0 aromatic heterocycles. The zero-order chi connectivity index (χ0) is 15.6. The Morgan fingerprint density at radius 3 is 2.19 bits per heavy atom. The number of benzene rings is 2. The van der Waals surface area contributed by atoms with Gasteiger partial charge in [0, 0.05) is 10.6 Å². The van der Waals surface area contributed by atoms with Crippen LogP contribution >= 0.6 is 11.6 Å². The van der Waals surface area contributed by atoms with Crippen LogP contribution in [0.2, 0.25) is 5.02 Å². The highest BCUT2D eigenvalue weighted by Crippen LogP contribution is 2.29. The fourth-order valence-electron chi connectivity index (χ4n) is 1.75. The van der Waals surface area contributed by atoms with Crippen molar-refractivity contribution in [2.75, 3.05) is 0 Å². The third-order valence-electron chi connectivity index (χ3n) is 2.69. The van der Waals surface area contributed by atoms with E-state index in [0.29, 0.717) is 0 Å². The number of halogens is 5. The standard InChI is InChI=1S/C14H9ClF4O2/c15-9-3-6-11(12(16)7-9)13(20)8-1-4-10(5-2-8)21-14(17,18)19/h1-7,13,20H. The van der Waals surface area contributed by atoms with Gasteiger partial charge in [-0.2, -0.15) is 0 Å². The monoisotopic (exact) mass is 320 g/mol. The van der Waals surface area contributed by atoms with Crippen LogP contribution in [-0.4, -0.2) is 11.5 Å². The lowest BCUT2D eigenvalue weighted by Gasteiger charge is -2.14. The largest absolute Gasteiger partial charge is 0.573 e. The van der Waals surface area contributed by atoms with Gasteiger partial charge in [-0.25, -0.2) is 4.39 Å². The van der Waals surface area contributed by atoms with Gasteiger partial charge in [0.1, 0.15) is 17.7 Å². The Hall–Kier alpha value is -1.79. The summed E-state index contributed by atoms with van der Waals surface area (Å²) >= 11 is 5.61. The summed E-state index contributed by atoms with van der Waals surface area (Å²) in [5.41, 5.74) is 0.203. The highest BCUT2D eigenvalue weighted by atomic mass is 35.5. The van der Waals surface area contributed by atoms with E-state index in [1.54, 1.807) is 0 Å². The Morgan fingerprint density at radius 1 is 1.05 bits per heavy atom. The van der Waals surface area contributed by atoms with Gasteiger partial charge in [-0.05, 0) is 29.8 Å². The minimum absolute atomic E-state index is 0.0242. The fraction of sp³-hybridized carbons (Fsp3) is 0.143. The Kier molecular flexibility index (Phi) is 4.39. The molecule has 7 heteroatoms. The molecule has 112 valence electrons. The van der Waals surface area contributed by atoms with Gasteiger partial charge in [0.25, 0.3) is 0 Å². The van der Waals surface area contributed by atoms with Crippen molar-refractivity contribution in [3.05, 3.63) is 64.4 Å². The van der Waals surface area contributed by atoms with Crippen molar-refractivity contribution in [3.8, 4) is 5.75 Å². The van der Waals surface area contributed by atoms with Crippen molar-refractivity contribution < 1.29 is 27.4 Å². The molecule has 1 atom stereocenters. The van der Waals surface area contributed by atoms with E-state index in [4.69, 9.17) is 11.6 Å². The van der Waals surface area contributed by atoms with E-state index in [9.17, 15) is 22.7 Å². The average molecular weight is 321 g/mol. The smallest absolute Gasteiger partial charge is 0.406 e. The molecule has 0 saturated heterocycles. The molecule has 0 fully saturated rings. The third-order valence-corrected chi connectivity index (χ3v) is 2.92. The van der Waals surface area contributed by atoms with Crippen molar-refractivity contribution in [2.45, 2.75) is 12.5 Å². The molecular formula is C14H9ClF4O2. The summed E-state index contributed by atoms with van der Waals surface area (Å²) in [4.78, 5) is 0. The van der Waals surface area contributed by atoms with Crippen LogP contribution in [-0.2, 0) is 0 Å². The molecule has 0 aliphatic carbocycles. The lowest BCUT2D eigenvalue weighted by atomic mass is 10.0. The van der Waals surface area contributed by atoms with E-state index in [1.165, 1.54) is 24.3 Å². The number of hydrogen-bond acceptors (Lipinski definition) is 2. The molecule has 2 aromatic rings. The molecule has 21 heavy (non-hydrogen) atoms. The molecule has 0 saturated carbocycles. The average Bonchev–Trinajstić information content (AvgIpc) is 2.37. The molecule has 2 aromatic carbocycles. The molecular weight excluding hydrogens is 312 g/mol. The van der Waals surface area contributed by atoms with Crippen LogP contribution < -0.4 is 4.74 Å². The molecule has 1 unspecified atom stereocenters. The molecule has 2 rings (SSSR count). The molecule has 0 aliphatic rings. The summed E-state index contributed by atoms with van der Waals surface area (Å²) in [5, 5.41) is 10.2. The minimum Gasteiger partial charge on any atom is -0.406 e. The highest BCUT2D eigenvalue weighted by molar-refractivity contribution is 6.30. The third kappa shape index (κ3) is 4.09. The lowest BCUT2D eigenvalue weighted by molar-refractivity contribution is -0.274. The van der Waals surface area contributed by atoms with Crippen molar-refractivity contribution in [1.82, 2.24) is 0 Å². The molecule has 0 heterocycles. The van der Waals surface area contributed by atoms with Crippen LogP contribution in [0.4, 0.5) is 17.6 Å². The molecule has 0 aliphatic heterocycles. The molecule has 0 radical (unpaired) electrons. The Labute approximate surface area is 122 Å². The SMILES string of the molecule is OC(c1ccc(OC(F)(F)F)cc1)c1ccc(Cl)cc1F. The summed E-state index contributed by atoms with van der Waals surface area (Å²) in [7, 11) is 0. The van der Waals surface area contributed by atoms with Gasteiger partial charge >= 0.3 is 6.36 Å². The number of aliphatic hydroxyl groups is 1. The fourth-order valence-corrected chi connectivity index (χ4v) is 1.91. The van der Waals surface area contributed by atoms with Crippen molar-refractivity contribution in [2.24, 2.45) is 0 Å². The topological polar surface area (TPSA) is 29.5 Å². The summed E-state index contributed by atoms with van der Waals surface area (Å²) < 4.78 is 53.4. The van der Waals surface area contributed by atoms with Crippen LogP contribution in [0.15, 0.2) is 42.5 Å². The van der Waals surface area contributed by atoms with Gasteiger partial charge in [-0.15, -0.1) is 13.2 Å². The van der Waals surface area contributed by atoms with E-state index >= 15 is 0 Å². The van der Waals surface area contributed by atoms with E-state index in [1.807, 2.05) is 0 Å². The first-order chi connectivity index (χ1) is 9.76. The Morgan fingerprint density at radius 2 is 1.67 bits per heavy atom. The van der Waals surface area contributed by atoms with Crippen LogP contribution in [0, 0.1) is 5.82 Å². The number of hydrogen-bond donors (Lipinski definition) is 1. The van der Waals surface area contributed by atoms with Crippen LogP contribution in [0.1, 0.15) is 17.2 Å². The maximum Gasteiger partial charge on any atom is 0.573 e. The molecule has 2 nitrogen and oxygen atoms in total. The van der Waals surface area contributed by atoms with Crippen LogP contribution in [0.5, 0.6) is 5.75 Å². The molecule has 0 spiro atoms. The minimum atomic E-state index is -4.79. The van der Waals surface area contributed by atoms with E-state index in [-0.39, 0.29) is 16.1 Å². The van der Waals surface area contributed by atoms with Gasteiger partial charge in [0.15, 0.2) is 0 Å². The quantitative estimate of drug-likeness (QED) is 0.846. The number of rotatable bonds is 3. The molecule has 1 N–H and O–H groups in total. The number of ether oxygens (including phenoxy) is 1. The first-order valence-corrected chi connectivity index (χ1v) is 6.13. The zero-order valence-electron chi connectivity index (χ0n) is 10.4. The van der Waals surface area contributed by atoms with Gasteiger partial charge < -0.3 is 9.84 Å². The van der Waals surface area contributed by atoms with Crippen LogP contribution in [0.25, 0.3) is 0 Å². The molecule has 0 amide bonds. The lowest BCUT2D eigenvalue weighted by Crippen LogP contribution is -2.17. The second kappa shape index (κ2) is 5.91. The zero-order valence-corrected chi connectivity index (χ0v) is 11.1. The normalized spacial score (nSPS) is 13.0. The summed E-state index contributed by atoms with van der Waals surface area (Å²) in [6.07, 6.45) is -6.11. The van der Waals surface area contributed by atoms with E-state index < -0.39 is 24.0 Å². The second-order valence-electron chi connectivity index (χ2n) is 4.19. The predicted octanol–water partition coefficient (Wildman–Crippen LogP) is 4.46. The van der Waals surface area contributed by atoms with E-state index in [2.05, 4.69) is 4.74 Å². The van der Waals surface area contributed by atoms with Gasteiger partial charge in [-0.1, -0.05) is 29.8 Å². The Balaban J connectivity index is 2.22. The molecule has 0 bridgehead atoms. The van der Waals surface area contributed by atoms with Crippen molar-refractivity contribution in [1.29, 1.82) is 0 Å². The van der Waals surface area contributed by atoms with Crippen molar-refractivity contribution in [3.63, 3.8) is 0 Å². The predicted molar refractivity (Wildman–Crippen MR) is 68.6 cm³/mol. The van der Waals surface area contributed by atoms with Gasteiger partial charge in [0.05, 0.1) is 0 Å². The highest BCUT2D eigenvalue weighted by Gasteiger charge is 2.31. The van der Waals surface area contributed by atoms with Crippen molar-refractivity contribution >= 4 is 11.6 Å². The number of aliphatic hydroxyl groups excluding tert-OH is 1. The first-order valence-electron chi connectivity index (χ1n) is 5.75. The maximum absolute atomic E-state index is 13.7. The second-order valence-corrected chi connectivity index (χ2v) is 4.62. The summed E-state index contributed by atoms with van der Waals surface area (Å²) in [6.45, 7) is 0. The Bertz CT molecular complexity index is 626.